The second-order valence-corrected chi connectivity index (χ2v) is 3.04. The van der Waals surface area contributed by atoms with Gasteiger partial charge in [0, 0.05) is 18.9 Å². The van der Waals surface area contributed by atoms with Crippen molar-refractivity contribution in [2.24, 2.45) is 0 Å². The summed E-state index contributed by atoms with van der Waals surface area (Å²) in [5.74, 6) is 0.326. The first-order valence-corrected chi connectivity index (χ1v) is 4.06. The predicted octanol–water partition coefficient (Wildman–Crippen LogP) is 1.50. The molecule has 0 unspecified atom stereocenters. The number of carbonyl (C=O) groups excluding carboxylic acids is 1. The van der Waals surface area contributed by atoms with E-state index in [0.717, 1.165) is 11.3 Å². The van der Waals surface area contributed by atoms with Crippen LogP contribution in [0.15, 0.2) is 12.3 Å². The smallest absolute Gasteiger partial charge is 0.252 e. The van der Waals surface area contributed by atoms with Crippen LogP contribution < -0.4 is 5.32 Å². The Bertz CT molecular complexity index is 276. The number of aromatic amines is 1. The zero-order chi connectivity index (χ0) is 9.14. The van der Waals surface area contributed by atoms with Crippen molar-refractivity contribution in [3.63, 3.8) is 0 Å². The summed E-state index contributed by atoms with van der Waals surface area (Å²) in [6.45, 7) is 4.11. The summed E-state index contributed by atoms with van der Waals surface area (Å²) in [5.41, 5.74) is 1.74. The molecule has 1 aromatic rings. The summed E-state index contributed by atoms with van der Waals surface area (Å²) in [4.78, 5) is 14.3. The Labute approximate surface area is 72.2 Å². The highest BCUT2D eigenvalue weighted by Crippen LogP contribution is 2.16. The molecule has 0 atom stereocenters. The van der Waals surface area contributed by atoms with E-state index in [1.807, 2.05) is 0 Å². The Hall–Kier alpha value is -1.25. The highest BCUT2D eigenvalue weighted by Gasteiger charge is 2.12. The van der Waals surface area contributed by atoms with Crippen molar-refractivity contribution in [2.45, 2.75) is 19.8 Å². The van der Waals surface area contributed by atoms with E-state index in [-0.39, 0.29) is 5.91 Å². The third kappa shape index (κ3) is 1.49. The lowest BCUT2D eigenvalue weighted by Crippen LogP contribution is -2.19. The van der Waals surface area contributed by atoms with Gasteiger partial charge in [-0.1, -0.05) is 13.8 Å². The monoisotopic (exact) mass is 166 g/mol. The lowest BCUT2D eigenvalue weighted by atomic mass is 10.1. The molecule has 3 heteroatoms. The average molecular weight is 166 g/mol. The van der Waals surface area contributed by atoms with E-state index >= 15 is 0 Å². The average Bonchev–Trinajstić information content (AvgIpc) is 2.50. The summed E-state index contributed by atoms with van der Waals surface area (Å²) in [6, 6.07) is 1.80. The summed E-state index contributed by atoms with van der Waals surface area (Å²) < 4.78 is 0. The first kappa shape index (κ1) is 8.84. The maximum absolute atomic E-state index is 11.3. The first-order valence-electron chi connectivity index (χ1n) is 4.06. The van der Waals surface area contributed by atoms with E-state index in [2.05, 4.69) is 24.1 Å². The van der Waals surface area contributed by atoms with Gasteiger partial charge in [-0.05, 0) is 12.0 Å². The third-order valence-corrected chi connectivity index (χ3v) is 1.83. The van der Waals surface area contributed by atoms with Crippen LogP contribution in [0.1, 0.15) is 35.8 Å². The standard InChI is InChI=1S/C9H14N2O/c1-6(2)8-7(4-5-11-8)9(12)10-3/h4-6,11H,1-3H3,(H,10,12). The van der Waals surface area contributed by atoms with Crippen LogP contribution in [0.25, 0.3) is 0 Å². The van der Waals surface area contributed by atoms with E-state index < -0.39 is 0 Å². The molecule has 3 nitrogen and oxygen atoms in total. The zero-order valence-corrected chi connectivity index (χ0v) is 7.64. The van der Waals surface area contributed by atoms with Crippen LogP contribution in [-0.4, -0.2) is 17.9 Å². The summed E-state index contributed by atoms with van der Waals surface area (Å²) in [5, 5.41) is 2.60. The van der Waals surface area contributed by atoms with Crippen molar-refractivity contribution in [3.05, 3.63) is 23.5 Å². The number of nitrogens with one attached hydrogen (secondary N) is 2. The molecule has 0 saturated heterocycles. The molecular formula is C9H14N2O. The molecule has 0 spiro atoms. The van der Waals surface area contributed by atoms with Crippen molar-refractivity contribution in [1.82, 2.24) is 10.3 Å². The molecule has 0 radical (unpaired) electrons. The zero-order valence-electron chi connectivity index (χ0n) is 7.64. The summed E-state index contributed by atoms with van der Waals surface area (Å²) in [7, 11) is 1.64. The fourth-order valence-corrected chi connectivity index (χ4v) is 1.19. The van der Waals surface area contributed by atoms with E-state index in [1.54, 1.807) is 19.3 Å². The van der Waals surface area contributed by atoms with Crippen LogP contribution in [0.4, 0.5) is 0 Å². The van der Waals surface area contributed by atoms with Gasteiger partial charge in [0.05, 0.1) is 5.56 Å². The van der Waals surface area contributed by atoms with Gasteiger partial charge >= 0.3 is 0 Å². The molecule has 0 aliphatic rings. The molecule has 2 N–H and O–H groups in total. The Balaban J connectivity index is 2.99. The SMILES string of the molecule is CNC(=O)c1cc[nH]c1C(C)C. The van der Waals surface area contributed by atoms with Crippen molar-refractivity contribution in [1.29, 1.82) is 0 Å². The van der Waals surface area contributed by atoms with Gasteiger partial charge in [-0.2, -0.15) is 0 Å². The number of carbonyl (C=O) groups is 1. The molecule has 66 valence electrons. The second kappa shape index (κ2) is 3.43. The number of amides is 1. The largest absolute Gasteiger partial charge is 0.364 e. The summed E-state index contributed by atoms with van der Waals surface area (Å²) >= 11 is 0. The van der Waals surface area contributed by atoms with Crippen LogP contribution in [0.5, 0.6) is 0 Å². The molecule has 0 aliphatic heterocycles. The molecule has 0 fully saturated rings. The fourth-order valence-electron chi connectivity index (χ4n) is 1.19. The minimum absolute atomic E-state index is 0.0278. The van der Waals surface area contributed by atoms with Gasteiger partial charge in [0.25, 0.3) is 5.91 Å². The number of aromatic nitrogens is 1. The molecule has 12 heavy (non-hydrogen) atoms. The molecule has 0 saturated carbocycles. The van der Waals surface area contributed by atoms with Gasteiger partial charge in [0.1, 0.15) is 0 Å². The summed E-state index contributed by atoms with van der Waals surface area (Å²) in [6.07, 6.45) is 1.79. The van der Waals surface area contributed by atoms with E-state index in [1.165, 1.54) is 0 Å². The van der Waals surface area contributed by atoms with Crippen LogP contribution >= 0.6 is 0 Å². The van der Waals surface area contributed by atoms with Crippen molar-refractivity contribution >= 4 is 5.91 Å². The van der Waals surface area contributed by atoms with Gasteiger partial charge in [0.2, 0.25) is 0 Å². The number of hydrogen-bond donors (Lipinski definition) is 2. The fraction of sp³-hybridized carbons (Fsp3) is 0.444. The molecule has 0 aliphatic carbocycles. The van der Waals surface area contributed by atoms with Crippen LogP contribution in [0.3, 0.4) is 0 Å². The maximum atomic E-state index is 11.3. The molecule has 1 amide bonds. The van der Waals surface area contributed by atoms with E-state index in [0.29, 0.717) is 5.92 Å². The van der Waals surface area contributed by atoms with E-state index in [4.69, 9.17) is 0 Å². The van der Waals surface area contributed by atoms with Crippen LogP contribution in [0, 0.1) is 0 Å². The molecule has 1 rings (SSSR count). The topological polar surface area (TPSA) is 44.9 Å². The molecular weight excluding hydrogens is 152 g/mol. The predicted molar refractivity (Wildman–Crippen MR) is 48.3 cm³/mol. The van der Waals surface area contributed by atoms with Crippen molar-refractivity contribution < 1.29 is 4.79 Å². The van der Waals surface area contributed by atoms with Crippen molar-refractivity contribution in [3.8, 4) is 0 Å². The minimum atomic E-state index is -0.0278. The number of rotatable bonds is 2. The van der Waals surface area contributed by atoms with Gasteiger partial charge < -0.3 is 10.3 Å². The lowest BCUT2D eigenvalue weighted by Gasteiger charge is -2.05. The number of H-pyrrole nitrogens is 1. The third-order valence-electron chi connectivity index (χ3n) is 1.83. The normalized spacial score (nSPS) is 10.3. The first-order chi connectivity index (χ1) is 5.66. The van der Waals surface area contributed by atoms with Crippen LogP contribution in [0.2, 0.25) is 0 Å². The highest BCUT2D eigenvalue weighted by molar-refractivity contribution is 5.95. The quantitative estimate of drug-likeness (QED) is 0.687. The Morgan fingerprint density at radius 2 is 2.25 bits per heavy atom. The van der Waals surface area contributed by atoms with Gasteiger partial charge in [-0.15, -0.1) is 0 Å². The van der Waals surface area contributed by atoms with Crippen LogP contribution in [-0.2, 0) is 0 Å². The number of hydrogen-bond acceptors (Lipinski definition) is 1. The maximum Gasteiger partial charge on any atom is 0.252 e. The van der Waals surface area contributed by atoms with Gasteiger partial charge in [-0.25, -0.2) is 0 Å². The molecule has 1 aromatic heterocycles. The van der Waals surface area contributed by atoms with Gasteiger partial charge in [0.15, 0.2) is 0 Å². The van der Waals surface area contributed by atoms with Gasteiger partial charge in [-0.3, -0.25) is 4.79 Å². The Morgan fingerprint density at radius 1 is 1.58 bits per heavy atom. The molecule has 1 heterocycles. The highest BCUT2D eigenvalue weighted by atomic mass is 16.1. The van der Waals surface area contributed by atoms with Crippen molar-refractivity contribution in [2.75, 3.05) is 7.05 Å². The lowest BCUT2D eigenvalue weighted by molar-refractivity contribution is 0.0962. The Morgan fingerprint density at radius 3 is 2.75 bits per heavy atom. The Kier molecular flexibility index (Phi) is 2.53. The molecule has 0 aromatic carbocycles. The second-order valence-electron chi connectivity index (χ2n) is 3.04. The molecule has 0 bridgehead atoms. The van der Waals surface area contributed by atoms with E-state index in [9.17, 15) is 4.79 Å². The minimum Gasteiger partial charge on any atom is -0.364 e.